The first kappa shape index (κ1) is 23.5. The first-order valence-corrected chi connectivity index (χ1v) is 10.3. The van der Waals surface area contributed by atoms with Crippen LogP contribution in [0.15, 0.2) is 36.4 Å². The van der Waals surface area contributed by atoms with Gasteiger partial charge >= 0.3 is 0 Å². The Bertz CT molecular complexity index is 966. The second-order valence-electron chi connectivity index (χ2n) is 7.93. The summed E-state index contributed by atoms with van der Waals surface area (Å²) >= 11 is 0. The number of hydrogen-bond acceptors (Lipinski definition) is 11. The van der Waals surface area contributed by atoms with E-state index in [4.69, 9.17) is 24.1 Å². The molecule has 2 aromatic carbocycles. The van der Waals surface area contributed by atoms with Gasteiger partial charge in [-0.15, -0.1) is 0 Å². The van der Waals surface area contributed by atoms with Crippen molar-refractivity contribution in [3.63, 3.8) is 0 Å². The summed E-state index contributed by atoms with van der Waals surface area (Å²) in [5, 5.41) is 70.8. The number of fused-ring (bicyclic) bond motifs is 1. The molecule has 0 aliphatic carbocycles. The van der Waals surface area contributed by atoms with Crippen LogP contribution in [0.2, 0.25) is 0 Å². The van der Waals surface area contributed by atoms with Crippen LogP contribution in [-0.2, 0) is 9.47 Å². The summed E-state index contributed by atoms with van der Waals surface area (Å²) in [5.74, 6) is -0.102. The van der Waals surface area contributed by atoms with E-state index in [1.807, 2.05) is 0 Å². The number of aromatic hydroxyl groups is 2. The van der Waals surface area contributed by atoms with Crippen LogP contribution in [0.3, 0.4) is 0 Å². The van der Waals surface area contributed by atoms with Crippen LogP contribution in [0.5, 0.6) is 23.0 Å². The fourth-order valence-corrected chi connectivity index (χ4v) is 4.08. The van der Waals surface area contributed by atoms with Crippen molar-refractivity contribution in [1.29, 1.82) is 0 Å². The second-order valence-corrected chi connectivity index (χ2v) is 7.93. The largest absolute Gasteiger partial charge is 0.508 e. The van der Waals surface area contributed by atoms with Crippen LogP contribution in [0, 0.1) is 0 Å². The first-order chi connectivity index (χ1) is 15.7. The topological polar surface area (TPSA) is 179 Å². The Balaban J connectivity index is 1.69. The summed E-state index contributed by atoms with van der Waals surface area (Å²) in [5.41, 5.74) is 0.496. The number of aliphatic hydroxyl groups excluding tert-OH is 5. The molecule has 7 N–H and O–H groups in total. The Morgan fingerprint density at radius 2 is 1.73 bits per heavy atom. The van der Waals surface area contributed by atoms with Gasteiger partial charge in [0.15, 0.2) is 12.4 Å². The third-order valence-corrected chi connectivity index (χ3v) is 5.82. The van der Waals surface area contributed by atoms with Crippen molar-refractivity contribution in [2.45, 2.75) is 49.0 Å². The van der Waals surface area contributed by atoms with E-state index in [2.05, 4.69) is 0 Å². The van der Waals surface area contributed by atoms with Crippen molar-refractivity contribution in [3.05, 3.63) is 47.5 Å². The maximum absolute atomic E-state index is 11.1. The average molecular weight is 466 g/mol. The predicted octanol–water partition coefficient (Wildman–Crippen LogP) is -0.541. The molecule has 33 heavy (non-hydrogen) atoms. The molecule has 1 fully saturated rings. The predicted molar refractivity (Wildman–Crippen MR) is 110 cm³/mol. The third-order valence-electron chi connectivity index (χ3n) is 5.82. The second kappa shape index (κ2) is 9.31. The Morgan fingerprint density at radius 3 is 2.36 bits per heavy atom. The van der Waals surface area contributed by atoms with Crippen molar-refractivity contribution in [2.24, 2.45) is 0 Å². The molecule has 11 nitrogen and oxygen atoms in total. The van der Waals surface area contributed by atoms with Gasteiger partial charge in [0.1, 0.15) is 59.6 Å². The molecule has 180 valence electrons. The van der Waals surface area contributed by atoms with Gasteiger partial charge in [-0.2, -0.15) is 0 Å². The van der Waals surface area contributed by atoms with Gasteiger partial charge in [0.25, 0.3) is 0 Å². The van der Waals surface area contributed by atoms with Crippen molar-refractivity contribution in [2.75, 3.05) is 13.7 Å². The van der Waals surface area contributed by atoms with Gasteiger partial charge in [0.05, 0.1) is 19.3 Å². The van der Waals surface area contributed by atoms with Crippen LogP contribution in [0.4, 0.5) is 0 Å². The molecule has 2 aliphatic heterocycles. The maximum Gasteiger partial charge on any atom is 0.187 e. The van der Waals surface area contributed by atoms with Crippen molar-refractivity contribution in [1.82, 2.24) is 0 Å². The molecule has 11 heteroatoms. The summed E-state index contributed by atoms with van der Waals surface area (Å²) in [6.45, 7) is -0.713. The lowest BCUT2D eigenvalue weighted by atomic mass is 9.91. The van der Waals surface area contributed by atoms with Gasteiger partial charge in [0.2, 0.25) is 0 Å². The number of phenolic OH excluding ortho intramolecular Hbond substituents is 2. The Hall–Kier alpha value is -2.64. The SMILES string of the molecule is COc1ccc(C2Oc3cc(O)cc(O)c3C(O)C2O[C@H]2O[C@H](C(O)CO)[C@H](O)[C@@H]2O)cc1. The highest BCUT2D eigenvalue weighted by atomic mass is 16.7. The van der Waals surface area contributed by atoms with Gasteiger partial charge < -0.3 is 54.7 Å². The highest BCUT2D eigenvalue weighted by Gasteiger charge is 2.50. The Morgan fingerprint density at radius 1 is 1.03 bits per heavy atom. The molecule has 4 unspecified atom stereocenters. The zero-order valence-electron chi connectivity index (χ0n) is 17.6. The molecule has 2 aromatic rings. The van der Waals surface area contributed by atoms with E-state index in [0.29, 0.717) is 11.3 Å². The number of phenols is 2. The molecule has 0 bridgehead atoms. The molecule has 0 saturated carbocycles. The first-order valence-electron chi connectivity index (χ1n) is 10.3. The van der Waals surface area contributed by atoms with Gasteiger partial charge in [-0.3, -0.25) is 0 Å². The van der Waals surface area contributed by atoms with E-state index in [1.165, 1.54) is 13.2 Å². The summed E-state index contributed by atoms with van der Waals surface area (Å²) < 4.78 is 22.4. The molecule has 2 aliphatic rings. The average Bonchev–Trinajstić information content (AvgIpc) is 3.08. The summed E-state index contributed by atoms with van der Waals surface area (Å²) in [4.78, 5) is 0. The zero-order valence-corrected chi connectivity index (χ0v) is 17.6. The molecule has 0 spiro atoms. The minimum Gasteiger partial charge on any atom is -0.508 e. The fraction of sp³-hybridized carbons (Fsp3) is 0.455. The van der Waals surface area contributed by atoms with Crippen LogP contribution in [0.25, 0.3) is 0 Å². The summed E-state index contributed by atoms with van der Waals surface area (Å²) in [6, 6.07) is 8.93. The van der Waals surface area contributed by atoms with E-state index in [0.717, 1.165) is 6.07 Å². The van der Waals surface area contributed by atoms with Crippen LogP contribution >= 0.6 is 0 Å². The van der Waals surface area contributed by atoms with Crippen molar-refractivity contribution >= 4 is 0 Å². The highest BCUT2D eigenvalue weighted by Crippen LogP contribution is 2.48. The number of methoxy groups -OCH3 is 1. The lowest BCUT2D eigenvalue weighted by molar-refractivity contribution is -0.239. The van der Waals surface area contributed by atoms with Gasteiger partial charge in [-0.05, 0) is 17.7 Å². The van der Waals surface area contributed by atoms with E-state index in [9.17, 15) is 30.6 Å². The van der Waals surface area contributed by atoms with Crippen LogP contribution < -0.4 is 9.47 Å². The van der Waals surface area contributed by atoms with Crippen LogP contribution in [-0.4, -0.2) is 86.3 Å². The smallest absolute Gasteiger partial charge is 0.187 e. The quantitative estimate of drug-likeness (QED) is 0.291. The summed E-state index contributed by atoms with van der Waals surface area (Å²) in [6.07, 6.45) is -11.2. The molecule has 0 aromatic heterocycles. The van der Waals surface area contributed by atoms with Crippen molar-refractivity contribution < 1.29 is 54.7 Å². The highest BCUT2D eigenvalue weighted by molar-refractivity contribution is 5.53. The normalized spacial score (nSPS) is 32.1. The minimum absolute atomic E-state index is 0.0298. The fourth-order valence-electron chi connectivity index (χ4n) is 4.08. The van der Waals surface area contributed by atoms with Gasteiger partial charge in [-0.1, -0.05) is 12.1 Å². The number of benzene rings is 2. The molecule has 8 atom stereocenters. The summed E-state index contributed by atoms with van der Waals surface area (Å²) in [7, 11) is 1.50. The molecular formula is C22H26O11. The number of rotatable bonds is 6. The zero-order chi connectivity index (χ0) is 23.9. The molecule has 1 saturated heterocycles. The van der Waals surface area contributed by atoms with E-state index >= 15 is 0 Å². The number of hydrogen-bond donors (Lipinski definition) is 7. The number of ether oxygens (including phenoxy) is 4. The third kappa shape index (κ3) is 4.32. The molecule has 0 radical (unpaired) electrons. The monoisotopic (exact) mass is 466 g/mol. The van der Waals surface area contributed by atoms with E-state index in [-0.39, 0.29) is 17.1 Å². The van der Waals surface area contributed by atoms with Crippen LogP contribution in [0.1, 0.15) is 23.3 Å². The minimum atomic E-state index is -1.60. The Kier molecular flexibility index (Phi) is 6.64. The van der Waals surface area contributed by atoms with Crippen molar-refractivity contribution in [3.8, 4) is 23.0 Å². The molecule has 0 amide bonds. The lowest BCUT2D eigenvalue weighted by Crippen LogP contribution is -2.43. The molecule has 2 heterocycles. The van der Waals surface area contributed by atoms with E-state index in [1.54, 1.807) is 24.3 Å². The standard InChI is InChI=1S/C22H26O11/c1-30-11-4-2-9(3-5-11)19-21(16(27)15-12(25)6-10(24)7-14(15)31-19)33-22-18(29)17(28)20(32-22)13(26)8-23/h2-7,13,16-29H,8H2,1H3/t13?,16?,17-,18+,19?,20-,21?,22-/m1/s1. The molecule has 4 rings (SSSR count). The molecular weight excluding hydrogens is 440 g/mol. The van der Waals surface area contributed by atoms with E-state index < -0.39 is 61.4 Å². The number of aliphatic hydroxyl groups is 5. The van der Waals surface area contributed by atoms with Gasteiger partial charge in [0, 0.05) is 12.1 Å². The lowest BCUT2D eigenvalue weighted by Gasteiger charge is -2.39. The Labute approximate surface area is 188 Å². The van der Waals surface area contributed by atoms with Gasteiger partial charge in [-0.25, -0.2) is 0 Å². The maximum atomic E-state index is 11.1.